The van der Waals surface area contributed by atoms with Crippen molar-refractivity contribution in [3.8, 4) is 17.1 Å². The Kier molecular flexibility index (Phi) is 8.90. The first-order chi connectivity index (χ1) is 21.8. The van der Waals surface area contributed by atoms with Gasteiger partial charge in [0, 0.05) is 53.9 Å². The number of nitrogens with zero attached hydrogens (tertiary/aromatic N) is 4. The van der Waals surface area contributed by atoms with Crippen LogP contribution < -0.4 is 10.3 Å². The van der Waals surface area contributed by atoms with Crippen LogP contribution in [0.2, 0.25) is 0 Å². The molecule has 1 amide bonds. The molecule has 10 heteroatoms. The number of methoxy groups -OCH3 is 1. The van der Waals surface area contributed by atoms with E-state index in [0.717, 1.165) is 42.4 Å². The van der Waals surface area contributed by atoms with Crippen LogP contribution in [-0.4, -0.2) is 76.2 Å². The van der Waals surface area contributed by atoms with Crippen molar-refractivity contribution in [2.24, 2.45) is 0 Å². The fourth-order valence-corrected chi connectivity index (χ4v) is 7.19. The summed E-state index contributed by atoms with van der Waals surface area (Å²) in [5, 5.41) is 11.9. The first kappa shape index (κ1) is 31.1. The van der Waals surface area contributed by atoms with Crippen LogP contribution in [-0.2, 0) is 34.7 Å². The second kappa shape index (κ2) is 12.9. The number of pyridine rings is 2. The highest BCUT2D eigenvalue weighted by Crippen LogP contribution is 2.38. The standard InChI is InChI=1S/C35H42N4O6/c1-4-9-25-26-18-23-20-39-30(19-28(35(43,5-2)22-40)27(21-44-3)33(39)41)32(23)36-29(26)10-11-31(25)45-34(42)38-16-12-24(13-17-38)37-14-7-6-8-15-37/h4,10-11,18-19,22,24,43H,1,5-9,12-17,20-21H2,2-3H3. The van der Waals surface area contributed by atoms with Crippen LogP contribution >= 0.6 is 0 Å². The maximum absolute atomic E-state index is 13.7. The van der Waals surface area contributed by atoms with Gasteiger partial charge in [-0.2, -0.15) is 0 Å². The van der Waals surface area contributed by atoms with Crippen molar-refractivity contribution in [1.29, 1.82) is 0 Å². The molecule has 10 nitrogen and oxygen atoms in total. The maximum atomic E-state index is 13.7. The number of allylic oxidation sites excluding steroid dienone is 1. The number of benzene rings is 1. The predicted molar refractivity (Wildman–Crippen MR) is 171 cm³/mol. The molecule has 2 saturated heterocycles. The van der Waals surface area contributed by atoms with Crippen LogP contribution in [0.5, 0.6) is 5.75 Å². The van der Waals surface area contributed by atoms with E-state index in [1.807, 2.05) is 12.1 Å². The number of fused-ring (bicyclic) bond motifs is 4. The molecule has 0 bridgehead atoms. The monoisotopic (exact) mass is 614 g/mol. The summed E-state index contributed by atoms with van der Waals surface area (Å²) in [5.41, 5.74) is 1.79. The summed E-state index contributed by atoms with van der Waals surface area (Å²) < 4.78 is 12.9. The predicted octanol–water partition coefficient (Wildman–Crippen LogP) is 4.55. The van der Waals surface area contributed by atoms with E-state index < -0.39 is 5.60 Å². The molecule has 2 aromatic heterocycles. The van der Waals surface area contributed by atoms with Gasteiger partial charge in [-0.05, 0) is 75.9 Å². The first-order valence-corrected chi connectivity index (χ1v) is 16.0. The van der Waals surface area contributed by atoms with Crippen LogP contribution in [0.15, 0.2) is 41.7 Å². The Labute approximate surface area is 263 Å². The Morgan fingerprint density at radius 3 is 2.56 bits per heavy atom. The van der Waals surface area contributed by atoms with E-state index in [1.54, 1.807) is 34.6 Å². The lowest BCUT2D eigenvalue weighted by molar-refractivity contribution is -0.125. The van der Waals surface area contributed by atoms with Crippen molar-refractivity contribution in [1.82, 2.24) is 19.4 Å². The molecule has 6 rings (SSSR count). The zero-order valence-electron chi connectivity index (χ0n) is 26.2. The zero-order chi connectivity index (χ0) is 31.7. The summed E-state index contributed by atoms with van der Waals surface area (Å²) in [6, 6.07) is 7.81. The number of likely N-dealkylation sites (tertiary alicyclic amines) is 2. The number of aromatic nitrogens is 2. The van der Waals surface area contributed by atoms with Gasteiger partial charge in [0.05, 0.1) is 30.1 Å². The number of carbonyl (C=O) groups excluding carboxylic acids is 2. The summed E-state index contributed by atoms with van der Waals surface area (Å²) in [5.74, 6) is 0.476. The summed E-state index contributed by atoms with van der Waals surface area (Å²) in [7, 11) is 1.47. The minimum atomic E-state index is -1.82. The van der Waals surface area contributed by atoms with Gasteiger partial charge in [-0.1, -0.05) is 19.4 Å². The highest BCUT2D eigenvalue weighted by atomic mass is 16.6. The molecule has 238 valence electrons. The van der Waals surface area contributed by atoms with Gasteiger partial charge in [-0.25, -0.2) is 9.78 Å². The molecule has 1 aromatic carbocycles. The van der Waals surface area contributed by atoms with Crippen molar-refractivity contribution < 1.29 is 24.2 Å². The summed E-state index contributed by atoms with van der Waals surface area (Å²) in [6.07, 6.45) is 8.22. The number of aldehydes is 1. The molecule has 1 atom stereocenters. The van der Waals surface area contributed by atoms with Gasteiger partial charge < -0.3 is 28.9 Å². The maximum Gasteiger partial charge on any atom is 0.415 e. The third-order valence-corrected chi connectivity index (χ3v) is 9.78. The SMILES string of the molecule is C=CCc1c(OC(=O)N2CCC(N3CCCCC3)CC2)ccc2nc3c(cc12)Cn1c-3cc(C(O)(C=O)CC)c(COC)c1=O. The van der Waals surface area contributed by atoms with E-state index >= 15 is 0 Å². The van der Waals surface area contributed by atoms with Gasteiger partial charge >= 0.3 is 6.09 Å². The minimum absolute atomic E-state index is 0.0372. The number of aliphatic hydroxyl groups is 1. The van der Waals surface area contributed by atoms with E-state index in [9.17, 15) is 19.5 Å². The second-order valence-corrected chi connectivity index (χ2v) is 12.4. The van der Waals surface area contributed by atoms with Crippen LogP contribution in [0.3, 0.4) is 0 Å². The molecule has 0 radical (unpaired) electrons. The fraction of sp³-hybridized carbons (Fsp3) is 0.486. The van der Waals surface area contributed by atoms with Crippen molar-refractivity contribution in [2.45, 2.75) is 76.7 Å². The number of hydrogen-bond acceptors (Lipinski definition) is 8. The number of rotatable bonds is 9. The Morgan fingerprint density at radius 2 is 1.89 bits per heavy atom. The number of carbonyl (C=O) groups is 2. The molecular weight excluding hydrogens is 572 g/mol. The molecule has 45 heavy (non-hydrogen) atoms. The van der Waals surface area contributed by atoms with Crippen molar-refractivity contribution >= 4 is 23.3 Å². The minimum Gasteiger partial charge on any atom is -0.410 e. The molecule has 0 aliphatic carbocycles. The van der Waals surface area contributed by atoms with Gasteiger partial charge in [-0.15, -0.1) is 6.58 Å². The summed E-state index contributed by atoms with van der Waals surface area (Å²) >= 11 is 0. The lowest BCUT2D eigenvalue weighted by atomic mass is 9.89. The lowest BCUT2D eigenvalue weighted by Gasteiger charge is -2.39. The quantitative estimate of drug-likeness (QED) is 0.216. The Hall–Kier alpha value is -3.86. The Morgan fingerprint density at radius 1 is 1.13 bits per heavy atom. The van der Waals surface area contributed by atoms with Crippen LogP contribution in [0.1, 0.15) is 67.7 Å². The number of ether oxygens (including phenoxy) is 2. The van der Waals surface area contributed by atoms with Crippen LogP contribution in [0.25, 0.3) is 22.3 Å². The number of amides is 1. The first-order valence-electron chi connectivity index (χ1n) is 16.0. The second-order valence-electron chi connectivity index (χ2n) is 12.4. The van der Waals surface area contributed by atoms with Crippen LogP contribution in [0, 0.1) is 0 Å². The fourth-order valence-electron chi connectivity index (χ4n) is 7.19. The molecular formula is C35H42N4O6. The molecule has 1 unspecified atom stereocenters. The van der Waals surface area contributed by atoms with E-state index in [-0.39, 0.29) is 42.4 Å². The topological polar surface area (TPSA) is 114 Å². The average molecular weight is 615 g/mol. The molecule has 3 aliphatic rings. The molecule has 1 N–H and O–H groups in total. The molecule has 0 saturated carbocycles. The normalized spacial score (nSPS) is 18.3. The Balaban J connectivity index is 1.30. The van der Waals surface area contributed by atoms with Gasteiger partial charge in [0.1, 0.15) is 11.4 Å². The van der Waals surface area contributed by atoms with Gasteiger partial charge in [0.25, 0.3) is 5.56 Å². The molecule has 2 fully saturated rings. The molecule has 3 aliphatic heterocycles. The highest BCUT2D eigenvalue weighted by molar-refractivity contribution is 5.89. The van der Waals surface area contributed by atoms with Gasteiger partial charge in [-0.3, -0.25) is 9.59 Å². The largest absolute Gasteiger partial charge is 0.415 e. The van der Waals surface area contributed by atoms with Crippen molar-refractivity contribution in [3.05, 3.63) is 69.5 Å². The summed E-state index contributed by atoms with van der Waals surface area (Å²) in [6.45, 7) is 9.53. The van der Waals surface area contributed by atoms with E-state index in [4.69, 9.17) is 14.5 Å². The molecule has 0 spiro atoms. The van der Waals surface area contributed by atoms with Crippen molar-refractivity contribution in [2.75, 3.05) is 33.3 Å². The van der Waals surface area contributed by atoms with E-state index in [2.05, 4.69) is 11.5 Å². The number of hydrogen-bond donors (Lipinski definition) is 1. The third kappa shape index (κ3) is 5.71. The highest BCUT2D eigenvalue weighted by Gasteiger charge is 2.35. The van der Waals surface area contributed by atoms with Crippen LogP contribution in [0.4, 0.5) is 4.79 Å². The van der Waals surface area contributed by atoms with E-state index in [0.29, 0.717) is 54.5 Å². The van der Waals surface area contributed by atoms with Crippen molar-refractivity contribution in [3.63, 3.8) is 0 Å². The molecule has 3 aromatic rings. The zero-order valence-corrected chi connectivity index (χ0v) is 26.2. The smallest absolute Gasteiger partial charge is 0.410 e. The lowest BCUT2D eigenvalue weighted by Crippen LogP contribution is -2.48. The van der Waals surface area contributed by atoms with Gasteiger partial charge in [0.15, 0.2) is 6.29 Å². The average Bonchev–Trinajstić information content (AvgIpc) is 3.44. The third-order valence-electron chi connectivity index (χ3n) is 9.78. The Bertz CT molecular complexity index is 1690. The summed E-state index contributed by atoms with van der Waals surface area (Å²) in [4.78, 5) is 48.3. The van der Waals surface area contributed by atoms with Gasteiger partial charge in [0.2, 0.25) is 0 Å². The van der Waals surface area contributed by atoms with E-state index in [1.165, 1.54) is 26.4 Å². The molecule has 5 heterocycles. The number of piperidine rings is 2.